The van der Waals surface area contributed by atoms with E-state index in [-0.39, 0.29) is 12.0 Å². The van der Waals surface area contributed by atoms with Crippen LogP contribution in [0.1, 0.15) is 36.0 Å². The first-order chi connectivity index (χ1) is 9.58. The fraction of sp³-hybridized carbons (Fsp3) is 0.533. The summed E-state index contributed by atoms with van der Waals surface area (Å²) in [5.74, 6) is 0.892. The van der Waals surface area contributed by atoms with Crippen LogP contribution in [-0.2, 0) is 0 Å². The highest BCUT2D eigenvalue weighted by Crippen LogP contribution is 2.24. The van der Waals surface area contributed by atoms with Gasteiger partial charge in [0.15, 0.2) is 0 Å². The Morgan fingerprint density at radius 3 is 2.70 bits per heavy atom. The molecule has 0 heterocycles. The van der Waals surface area contributed by atoms with Crippen molar-refractivity contribution < 1.29 is 14.6 Å². The highest BCUT2D eigenvalue weighted by Gasteiger charge is 2.20. The van der Waals surface area contributed by atoms with E-state index < -0.39 is 0 Å². The second kappa shape index (κ2) is 6.61. The van der Waals surface area contributed by atoms with Crippen molar-refractivity contribution in [3.63, 3.8) is 0 Å². The van der Waals surface area contributed by atoms with Crippen LogP contribution in [0.15, 0.2) is 18.2 Å². The summed E-state index contributed by atoms with van der Waals surface area (Å²) in [4.78, 5) is 12.1. The number of amides is 1. The molecule has 0 atom stereocenters. The number of hydrogen-bond donors (Lipinski definition) is 3. The predicted octanol–water partition coefficient (Wildman–Crippen LogP) is 1.56. The number of aliphatic hydroxyl groups excluding tert-OH is 1. The highest BCUT2D eigenvalue weighted by atomic mass is 16.5. The molecule has 0 saturated heterocycles. The van der Waals surface area contributed by atoms with Crippen molar-refractivity contribution in [1.82, 2.24) is 5.32 Å². The fourth-order valence-corrected chi connectivity index (χ4v) is 2.56. The number of rotatable bonds is 4. The molecule has 2 rings (SSSR count). The number of aliphatic hydroxyl groups is 1. The van der Waals surface area contributed by atoms with Crippen LogP contribution >= 0.6 is 0 Å². The van der Waals surface area contributed by atoms with Crippen LogP contribution < -0.4 is 15.8 Å². The van der Waals surface area contributed by atoms with Crippen molar-refractivity contribution in [2.75, 3.05) is 19.4 Å². The van der Waals surface area contributed by atoms with Gasteiger partial charge in [0.2, 0.25) is 0 Å². The minimum Gasteiger partial charge on any atom is -0.497 e. The molecule has 4 N–H and O–H groups in total. The Kier molecular flexibility index (Phi) is 4.84. The number of nitrogens with one attached hydrogen (secondary N) is 1. The zero-order chi connectivity index (χ0) is 14.5. The van der Waals surface area contributed by atoms with Gasteiger partial charge in [-0.3, -0.25) is 4.79 Å². The molecular formula is C15H22N2O3. The lowest BCUT2D eigenvalue weighted by Gasteiger charge is -2.25. The summed E-state index contributed by atoms with van der Waals surface area (Å²) >= 11 is 0. The first-order valence-corrected chi connectivity index (χ1v) is 6.99. The number of methoxy groups -OCH3 is 1. The van der Waals surface area contributed by atoms with Crippen LogP contribution in [0.4, 0.5) is 5.69 Å². The van der Waals surface area contributed by atoms with Gasteiger partial charge < -0.3 is 20.9 Å². The number of ether oxygens (including phenoxy) is 1. The van der Waals surface area contributed by atoms with Gasteiger partial charge in [-0.05, 0) is 43.7 Å². The maximum Gasteiger partial charge on any atom is 0.251 e. The van der Waals surface area contributed by atoms with E-state index in [1.807, 2.05) is 0 Å². The smallest absolute Gasteiger partial charge is 0.251 e. The molecule has 110 valence electrons. The van der Waals surface area contributed by atoms with Gasteiger partial charge >= 0.3 is 0 Å². The zero-order valence-corrected chi connectivity index (χ0v) is 11.8. The SMILES string of the molecule is COc1cc(N)cc(C(=O)NCC2CCC(O)CC2)c1. The second-order valence-electron chi connectivity index (χ2n) is 5.38. The third-order valence-electron chi connectivity index (χ3n) is 3.79. The number of hydrogen-bond acceptors (Lipinski definition) is 4. The molecular weight excluding hydrogens is 256 g/mol. The molecule has 0 radical (unpaired) electrons. The minimum absolute atomic E-state index is 0.137. The highest BCUT2D eigenvalue weighted by molar-refractivity contribution is 5.95. The number of carbonyl (C=O) groups is 1. The molecule has 20 heavy (non-hydrogen) atoms. The molecule has 1 saturated carbocycles. The summed E-state index contributed by atoms with van der Waals surface area (Å²) in [6.07, 6.45) is 3.41. The Balaban J connectivity index is 1.90. The molecule has 1 aliphatic carbocycles. The number of benzene rings is 1. The van der Waals surface area contributed by atoms with Gasteiger partial charge in [-0.2, -0.15) is 0 Å². The van der Waals surface area contributed by atoms with Gasteiger partial charge in [0.1, 0.15) is 5.75 Å². The lowest BCUT2D eigenvalue weighted by Crippen LogP contribution is -2.32. The maximum atomic E-state index is 12.1. The molecule has 1 fully saturated rings. The molecule has 0 bridgehead atoms. The van der Waals surface area contributed by atoms with E-state index in [0.29, 0.717) is 29.5 Å². The Morgan fingerprint density at radius 2 is 2.05 bits per heavy atom. The number of carbonyl (C=O) groups excluding carboxylic acids is 1. The quantitative estimate of drug-likeness (QED) is 0.730. The molecule has 0 aromatic heterocycles. The summed E-state index contributed by atoms with van der Waals surface area (Å²) in [5.41, 5.74) is 6.76. The van der Waals surface area contributed by atoms with Crippen LogP contribution in [0.3, 0.4) is 0 Å². The normalized spacial score (nSPS) is 22.3. The Bertz CT molecular complexity index is 468. The molecule has 1 aliphatic rings. The maximum absolute atomic E-state index is 12.1. The average Bonchev–Trinajstić information content (AvgIpc) is 2.45. The van der Waals surface area contributed by atoms with Gasteiger partial charge in [0, 0.05) is 23.9 Å². The summed E-state index contributed by atoms with van der Waals surface area (Å²) in [5, 5.41) is 12.4. The van der Waals surface area contributed by atoms with Crippen molar-refractivity contribution in [3.8, 4) is 5.75 Å². The number of nitrogens with two attached hydrogens (primary N) is 1. The van der Waals surface area contributed by atoms with Gasteiger partial charge in [-0.1, -0.05) is 0 Å². The monoisotopic (exact) mass is 278 g/mol. The third-order valence-corrected chi connectivity index (χ3v) is 3.79. The van der Waals surface area contributed by atoms with Crippen molar-refractivity contribution in [1.29, 1.82) is 0 Å². The summed E-state index contributed by atoms with van der Waals surface area (Å²) in [7, 11) is 1.55. The molecule has 0 aliphatic heterocycles. The van der Waals surface area contributed by atoms with E-state index in [1.54, 1.807) is 25.3 Å². The molecule has 1 amide bonds. The largest absolute Gasteiger partial charge is 0.497 e. The fourth-order valence-electron chi connectivity index (χ4n) is 2.56. The first kappa shape index (κ1) is 14.7. The molecule has 1 aromatic rings. The first-order valence-electron chi connectivity index (χ1n) is 6.99. The van der Waals surface area contributed by atoms with Gasteiger partial charge in [0.05, 0.1) is 13.2 Å². The van der Waals surface area contributed by atoms with Crippen LogP contribution in [0.25, 0.3) is 0 Å². The van der Waals surface area contributed by atoms with Crippen LogP contribution in [0.2, 0.25) is 0 Å². The topological polar surface area (TPSA) is 84.6 Å². The third kappa shape index (κ3) is 3.87. The van der Waals surface area contributed by atoms with E-state index >= 15 is 0 Å². The van der Waals surface area contributed by atoms with E-state index in [4.69, 9.17) is 10.5 Å². The van der Waals surface area contributed by atoms with Crippen molar-refractivity contribution >= 4 is 11.6 Å². The summed E-state index contributed by atoms with van der Waals surface area (Å²) in [6.45, 7) is 0.642. The second-order valence-corrected chi connectivity index (χ2v) is 5.38. The summed E-state index contributed by atoms with van der Waals surface area (Å²) < 4.78 is 5.10. The van der Waals surface area contributed by atoms with Gasteiger partial charge in [-0.15, -0.1) is 0 Å². The Hall–Kier alpha value is -1.75. The lowest BCUT2D eigenvalue weighted by atomic mass is 9.87. The van der Waals surface area contributed by atoms with Crippen molar-refractivity contribution in [2.45, 2.75) is 31.8 Å². The number of anilines is 1. The van der Waals surface area contributed by atoms with E-state index in [0.717, 1.165) is 25.7 Å². The van der Waals surface area contributed by atoms with Crippen molar-refractivity contribution in [3.05, 3.63) is 23.8 Å². The van der Waals surface area contributed by atoms with Crippen LogP contribution in [0.5, 0.6) is 5.75 Å². The van der Waals surface area contributed by atoms with E-state index in [2.05, 4.69) is 5.32 Å². The van der Waals surface area contributed by atoms with Crippen LogP contribution in [0, 0.1) is 5.92 Å². The average molecular weight is 278 g/mol. The molecule has 5 nitrogen and oxygen atoms in total. The minimum atomic E-state index is -0.167. The van der Waals surface area contributed by atoms with E-state index in [9.17, 15) is 9.90 Å². The lowest BCUT2D eigenvalue weighted by molar-refractivity contribution is 0.0910. The standard InChI is InChI=1S/C15H22N2O3/c1-20-14-7-11(6-12(16)8-14)15(19)17-9-10-2-4-13(18)5-3-10/h6-8,10,13,18H,2-5,9,16H2,1H3,(H,17,19). The van der Waals surface area contributed by atoms with E-state index in [1.165, 1.54) is 0 Å². The number of nitrogen functional groups attached to an aromatic ring is 1. The van der Waals surface area contributed by atoms with Crippen LogP contribution in [-0.4, -0.2) is 30.8 Å². The Labute approximate surface area is 119 Å². The van der Waals surface area contributed by atoms with Gasteiger partial charge in [-0.25, -0.2) is 0 Å². The molecule has 0 spiro atoms. The molecule has 5 heteroatoms. The van der Waals surface area contributed by atoms with Gasteiger partial charge in [0.25, 0.3) is 5.91 Å². The Morgan fingerprint density at radius 1 is 1.35 bits per heavy atom. The molecule has 0 unspecified atom stereocenters. The predicted molar refractivity (Wildman–Crippen MR) is 77.7 cm³/mol. The summed E-state index contributed by atoms with van der Waals surface area (Å²) in [6, 6.07) is 5.00. The molecule has 1 aromatic carbocycles. The zero-order valence-electron chi connectivity index (χ0n) is 11.8. The van der Waals surface area contributed by atoms with Crippen molar-refractivity contribution in [2.24, 2.45) is 5.92 Å².